The van der Waals surface area contributed by atoms with Crippen LogP contribution in [0.1, 0.15) is 52.5 Å². The fourth-order valence-electron chi connectivity index (χ4n) is 2.50. The zero-order valence-corrected chi connectivity index (χ0v) is 15.8. The highest BCUT2D eigenvalue weighted by atomic mass is 16.2. The van der Waals surface area contributed by atoms with Crippen LogP contribution in [0.15, 0.2) is 24.3 Å². The molecule has 2 amide bonds. The van der Waals surface area contributed by atoms with Gasteiger partial charge in [-0.15, -0.1) is 0 Å². The summed E-state index contributed by atoms with van der Waals surface area (Å²) in [5.74, 6) is 0.279. The maximum atomic E-state index is 12.6. The van der Waals surface area contributed by atoms with Gasteiger partial charge in [0.1, 0.15) is 0 Å². The van der Waals surface area contributed by atoms with E-state index in [1.807, 2.05) is 46.0 Å². The Labute approximate surface area is 145 Å². The monoisotopic (exact) mass is 334 g/mol. The van der Waals surface area contributed by atoms with Crippen LogP contribution in [0, 0.1) is 0 Å². The fraction of sp³-hybridized carbons (Fsp3) is 0.579. The number of hydrogen-bond acceptors (Lipinski definition) is 2. The maximum Gasteiger partial charge on any atom is 0.282 e. The molecular weight excluding hydrogens is 302 g/mol. The van der Waals surface area contributed by atoms with Crippen molar-refractivity contribution < 1.29 is 14.5 Å². The largest absolute Gasteiger partial charge is 0.349 e. The summed E-state index contributed by atoms with van der Waals surface area (Å²) in [6.07, 6.45) is 1.02. The summed E-state index contributed by atoms with van der Waals surface area (Å²) in [6, 6.07) is 7.71. The number of anilines is 1. The van der Waals surface area contributed by atoms with Crippen LogP contribution < -0.4 is 15.5 Å². The topological polar surface area (TPSA) is 62.6 Å². The van der Waals surface area contributed by atoms with Crippen LogP contribution in [0.3, 0.4) is 0 Å². The molecule has 3 N–H and O–H groups in total. The van der Waals surface area contributed by atoms with Gasteiger partial charge in [0, 0.05) is 11.7 Å². The van der Waals surface area contributed by atoms with Gasteiger partial charge in [-0.1, -0.05) is 32.0 Å². The van der Waals surface area contributed by atoms with Crippen LogP contribution in [0.25, 0.3) is 0 Å². The molecule has 0 radical (unpaired) electrons. The van der Waals surface area contributed by atoms with Gasteiger partial charge in [-0.2, -0.15) is 0 Å². The van der Waals surface area contributed by atoms with Crippen molar-refractivity contribution in [2.45, 2.75) is 59.0 Å². The Bertz CT molecular complexity index is 557. The molecule has 0 saturated heterocycles. The third-order valence-electron chi connectivity index (χ3n) is 4.38. The number of likely N-dealkylation sites (N-methyl/N-ethyl adjacent to an activating group) is 1. The quantitative estimate of drug-likeness (QED) is 0.676. The summed E-state index contributed by atoms with van der Waals surface area (Å²) in [7, 11) is 1.87. The smallest absolute Gasteiger partial charge is 0.282 e. The van der Waals surface area contributed by atoms with E-state index in [-0.39, 0.29) is 30.4 Å². The second-order valence-corrected chi connectivity index (χ2v) is 6.85. The van der Waals surface area contributed by atoms with Gasteiger partial charge in [0.2, 0.25) is 0 Å². The van der Waals surface area contributed by atoms with Crippen molar-refractivity contribution in [3.63, 3.8) is 0 Å². The SMILES string of the molecule is CC[C@@H](C)c1ccccc1NC(=O)[C@@H](C)[NH+](C)CC(=O)NC(C)C. The number of amides is 2. The van der Waals surface area contributed by atoms with E-state index in [9.17, 15) is 9.59 Å². The Morgan fingerprint density at radius 2 is 1.75 bits per heavy atom. The van der Waals surface area contributed by atoms with Crippen LogP contribution in [0.5, 0.6) is 0 Å². The van der Waals surface area contributed by atoms with Gasteiger partial charge in [-0.25, -0.2) is 0 Å². The highest BCUT2D eigenvalue weighted by molar-refractivity contribution is 5.94. The molecule has 1 rings (SSSR count). The standard InChI is InChI=1S/C19H31N3O2/c1-7-14(4)16-10-8-9-11-17(16)21-19(24)15(5)22(6)12-18(23)20-13(2)3/h8-11,13-15H,7,12H2,1-6H3,(H,20,23)(H,21,24)/p+1/t14-,15-/m1/s1. The number of rotatable bonds is 8. The average molecular weight is 334 g/mol. The van der Waals surface area contributed by atoms with Gasteiger partial charge in [-0.05, 0) is 44.7 Å². The molecule has 24 heavy (non-hydrogen) atoms. The van der Waals surface area contributed by atoms with E-state index in [1.54, 1.807) is 0 Å². The molecule has 0 aliphatic rings. The minimum atomic E-state index is -0.312. The van der Waals surface area contributed by atoms with E-state index in [4.69, 9.17) is 0 Å². The summed E-state index contributed by atoms with van der Waals surface area (Å²) in [5, 5.41) is 5.89. The first-order chi connectivity index (χ1) is 11.3. The number of carbonyl (C=O) groups is 2. The van der Waals surface area contributed by atoms with Gasteiger partial charge in [0.25, 0.3) is 11.8 Å². The van der Waals surface area contributed by atoms with Crippen LogP contribution in [0.2, 0.25) is 0 Å². The lowest BCUT2D eigenvalue weighted by atomic mass is 9.97. The Morgan fingerprint density at radius 3 is 2.33 bits per heavy atom. The van der Waals surface area contributed by atoms with Gasteiger partial charge >= 0.3 is 0 Å². The molecule has 1 aromatic rings. The summed E-state index contributed by atoms with van der Waals surface area (Å²) in [5.41, 5.74) is 2.01. The zero-order valence-electron chi connectivity index (χ0n) is 15.8. The molecule has 0 saturated carbocycles. The highest BCUT2D eigenvalue weighted by Gasteiger charge is 2.25. The first kappa shape index (κ1) is 20.2. The molecule has 134 valence electrons. The molecule has 3 atom stereocenters. The molecule has 0 spiro atoms. The molecule has 0 bridgehead atoms. The van der Waals surface area contributed by atoms with E-state index < -0.39 is 0 Å². The minimum absolute atomic E-state index is 0.0397. The Hall–Kier alpha value is -1.88. The number of nitrogens with one attached hydrogen (secondary N) is 3. The predicted molar refractivity (Wildman–Crippen MR) is 98.3 cm³/mol. The van der Waals surface area contributed by atoms with Crippen molar-refractivity contribution in [2.24, 2.45) is 0 Å². The Morgan fingerprint density at radius 1 is 1.12 bits per heavy atom. The molecule has 0 aliphatic carbocycles. The normalized spacial score (nSPS) is 14.8. The number of benzene rings is 1. The van der Waals surface area contributed by atoms with E-state index in [2.05, 4.69) is 30.5 Å². The summed E-state index contributed by atoms with van der Waals surface area (Å²) < 4.78 is 0. The van der Waals surface area contributed by atoms with Crippen molar-refractivity contribution in [2.75, 3.05) is 18.9 Å². The maximum absolute atomic E-state index is 12.6. The van der Waals surface area contributed by atoms with Gasteiger partial charge in [0.05, 0.1) is 7.05 Å². The molecule has 0 heterocycles. The van der Waals surface area contributed by atoms with E-state index >= 15 is 0 Å². The van der Waals surface area contributed by atoms with Crippen molar-refractivity contribution in [1.29, 1.82) is 0 Å². The first-order valence-electron chi connectivity index (χ1n) is 8.77. The molecular formula is C19H32N3O2+. The summed E-state index contributed by atoms with van der Waals surface area (Å²) >= 11 is 0. The minimum Gasteiger partial charge on any atom is -0.349 e. The number of carbonyl (C=O) groups excluding carboxylic acids is 2. The van der Waals surface area contributed by atoms with Crippen LogP contribution in [-0.4, -0.2) is 37.5 Å². The number of hydrogen-bond donors (Lipinski definition) is 3. The molecule has 1 aromatic carbocycles. The van der Waals surface area contributed by atoms with Crippen LogP contribution in [0.4, 0.5) is 5.69 Å². The van der Waals surface area contributed by atoms with Gasteiger partial charge < -0.3 is 15.5 Å². The van der Waals surface area contributed by atoms with Crippen molar-refractivity contribution >= 4 is 17.5 Å². The first-order valence-corrected chi connectivity index (χ1v) is 8.77. The zero-order chi connectivity index (χ0) is 18.3. The summed E-state index contributed by atoms with van der Waals surface area (Å²) in [6.45, 7) is 10.3. The number of para-hydroxylation sites is 1. The van der Waals surface area contributed by atoms with Gasteiger partial charge in [-0.3, -0.25) is 9.59 Å². The van der Waals surface area contributed by atoms with Crippen molar-refractivity contribution in [1.82, 2.24) is 5.32 Å². The predicted octanol–water partition coefficient (Wildman–Crippen LogP) is 1.57. The third-order valence-corrected chi connectivity index (χ3v) is 4.38. The fourth-order valence-corrected chi connectivity index (χ4v) is 2.50. The molecule has 0 aromatic heterocycles. The lowest BCUT2D eigenvalue weighted by Crippen LogP contribution is -3.15. The lowest BCUT2D eigenvalue weighted by molar-refractivity contribution is -0.885. The average Bonchev–Trinajstić information content (AvgIpc) is 2.52. The molecule has 0 aliphatic heterocycles. The van der Waals surface area contributed by atoms with Crippen LogP contribution in [-0.2, 0) is 9.59 Å². The highest BCUT2D eigenvalue weighted by Crippen LogP contribution is 2.26. The van der Waals surface area contributed by atoms with Gasteiger partial charge in [0.15, 0.2) is 12.6 Å². The van der Waals surface area contributed by atoms with Crippen LogP contribution >= 0.6 is 0 Å². The molecule has 0 fully saturated rings. The second-order valence-electron chi connectivity index (χ2n) is 6.85. The van der Waals surface area contributed by atoms with E-state index in [1.165, 1.54) is 0 Å². The molecule has 5 nitrogen and oxygen atoms in total. The van der Waals surface area contributed by atoms with E-state index in [0.29, 0.717) is 5.92 Å². The third kappa shape index (κ3) is 5.96. The lowest BCUT2D eigenvalue weighted by Gasteiger charge is -2.22. The molecule has 5 heteroatoms. The van der Waals surface area contributed by atoms with E-state index in [0.717, 1.165) is 22.6 Å². The van der Waals surface area contributed by atoms with Crippen molar-refractivity contribution in [3.8, 4) is 0 Å². The second kappa shape index (κ2) is 9.42. The van der Waals surface area contributed by atoms with Crippen molar-refractivity contribution in [3.05, 3.63) is 29.8 Å². The Balaban J connectivity index is 2.72. The molecule has 1 unspecified atom stereocenters. The Kier molecular flexibility index (Phi) is 7.92. The number of quaternary nitrogens is 1. The summed E-state index contributed by atoms with van der Waals surface area (Å²) in [4.78, 5) is 25.3.